The average molecular weight is 301 g/mol. The summed E-state index contributed by atoms with van der Waals surface area (Å²) in [5, 5.41) is 21.7. The molecule has 0 spiro atoms. The normalized spacial score (nSPS) is 12.0. The minimum atomic E-state index is -1.19. The fourth-order valence-electron chi connectivity index (χ4n) is 1.57. The van der Waals surface area contributed by atoms with E-state index in [1.807, 2.05) is 0 Å². The van der Waals surface area contributed by atoms with E-state index in [4.69, 9.17) is 16.7 Å². The van der Waals surface area contributed by atoms with Crippen LogP contribution in [0.2, 0.25) is 5.02 Å². The number of carboxylic acids is 1. The Bertz CT molecular complexity index is 559. The van der Waals surface area contributed by atoms with Gasteiger partial charge in [0, 0.05) is 6.07 Å². The van der Waals surface area contributed by atoms with Gasteiger partial charge in [-0.3, -0.25) is 14.9 Å². The molecule has 0 aliphatic heterocycles. The molecule has 0 bridgehead atoms. The van der Waals surface area contributed by atoms with Crippen LogP contribution in [-0.2, 0) is 4.79 Å². The number of carbonyl (C=O) groups excluding carboxylic acids is 1. The van der Waals surface area contributed by atoms with Crippen molar-refractivity contribution in [2.75, 3.05) is 0 Å². The molecule has 7 nitrogen and oxygen atoms in total. The molecule has 0 radical (unpaired) electrons. The Hall–Kier alpha value is -2.15. The third kappa shape index (κ3) is 3.45. The summed E-state index contributed by atoms with van der Waals surface area (Å²) in [6.45, 7) is 3.27. The molecule has 2 N–H and O–H groups in total. The Balaban J connectivity index is 3.07. The van der Waals surface area contributed by atoms with E-state index in [0.29, 0.717) is 0 Å². The van der Waals surface area contributed by atoms with Gasteiger partial charge in [0.2, 0.25) is 0 Å². The fourth-order valence-corrected chi connectivity index (χ4v) is 1.85. The number of carboxylic acid groups (broad SMARTS) is 1. The van der Waals surface area contributed by atoms with Gasteiger partial charge in [-0.2, -0.15) is 0 Å². The Morgan fingerprint density at radius 2 is 2.00 bits per heavy atom. The molecule has 1 aromatic rings. The van der Waals surface area contributed by atoms with Crippen LogP contribution in [0.4, 0.5) is 5.69 Å². The largest absolute Gasteiger partial charge is 0.480 e. The smallest absolute Gasteiger partial charge is 0.326 e. The highest BCUT2D eigenvalue weighted by atomic mass is 35.5. The Morgan fingerprint density at radius 1 is 1.40 bits per heavy atom. The monoisotopic (exact) mass is 300 g/mol. The number of nitrogens with one attached hydrogen (secondary N) is 1. The van der Waals surface area contributed by atoms with Gasteiger partial charge < -0.3 is 10.4 Å². The van der Waals surface area contributed by atoms with E-state index in [-0.39, 0.29) is 16.5 Å². The maximum atomic E-state index is 12.0. The highest BCUT2D eigenvalue weighted by molar-refractivity contribution is 6.35. The number of nitro groups is 1. The molecule has 1 rings (SSSR count). The zero-order valence-corrected chi connectivity index (χ0v) is 11.5. The van der Waals surface area contributed by atoms with Crippen LogP contribution in [0.5, 0.6) is 0 Å². The predicted octanol–water partition coefficient (Wildman–Crippen LogP) is 2.09. The summed E-state index contributed by atoms with van der Waals surface area (Å²) in [5.74, 6) is -2.29. The molecule has 0 fully saturated rings. The minimum Gasteiger partial charge on any atom is -0.480 e. The number of hydrogen-bond acceptors (Lipinski definition) is 4. The quantitative estimate of drug-likeness (QED) is 0.639. The van der Waals surface area contributed by atoms with Crippen molar-refractivity contribution in [1.29, 1.82) is 0 Å². The average Bonchev–Trinajstić information content (AvgIpc) is 2.34. The van der Waals surface area contributed by atoms with Crippen molar-refractivity contribution in [2.45, 2.75) is 19.9 Å². The summed E-state index contributed by atoms with van der Waals surface area (Å²) in [4.78, 5) is 33.0. The number of benzene rings is 1. The molecule has 1 atom stereocenters. The first kappa shape index (κ1) is 15.9. The molecular weight excluding hydrogens is 288 g/mol. The van der Waals surface area contributed by atoms with Crippen molar-refractivity contribution in [1.82, 2.24) is 5.32 Å². The third-order valence-electron chi connectivity index (χ3n) is 2.64. The molecular formula is C12H13ClN2O5. The van der Waals surface area contributed by atoms with E-state index >= 15 is 0 Å². The second kappa shape index (κ2) is 6.33. The summed E-state index contributed by atoms with van der Waals surface area (Å²) >= 11 is 5.79. The van der Waals surface area contributed by atoms with Crippen LogP contribution in [0, 0.1) is 16.0 Å². The highest BCUT2D eigenvalue weighted by Crippen LogP contribution is 2.27. The van der Waals surface area contributed by atoms with Crippen LogP contribution in [-0.4, -0.2) is 27.9 Å². The number of hydrogen-bond donors (Lipinski definition) is 2. The first-order chi connectivity index (χ1) is 9.25. The van der Waals surface area contributed by atoms with Crippen LogP contribution in [0.1, 0.15) is 24.2 Å². The molecule has 0 saturated carbocycles. The van der Waals surface area contributed by atoms with Gasteiger partial charge in [-0.15, -0.1) is 0 Å². The molecule has 0 aliphatic rings. The number of halogens is 1. The lowest BCUT2D eigenvalue weighted by atomic mass is 10.0. The van der Waals surface area contributed by atoms with E-state index in [0.717, 1.165) is 6.07 Å². The molecule has 0 aliphatic carbocycles. The lowest BCUT2D eigenvalue weighted by molar-refractivity contribution is -0.384. The lowest BCUT2D eigenvalue weighted by Crippen LogP contribution is -2.44. The molecule has 8 heteroatoms. The second-order valence-corrected chi connectivity index (χ2v) is 4.81. The standard InChI is InChI=1S/C12H13ClN2O5/c1-6(2)10(12(17)18)14-11(16)7-4-3-5-8(9(7)13)15(19)20/h3-6,10H,1-2H3,(H,14,16)(H,17,18)/t10-/m0/s1. The summed E-state index contributed by atoms with van der Waals surface area (Å²) in [5.41, 5.74) is -0.538. The van der Waals surface area contributed by atoms with E-state index in [1.165, 1.54) is 12.1 Å². The summed E-state index contributed by atoms with van der Waals surface area (Å²) < 4.78 is 0. The van der Waals surface area contributed by atoms with E-state index in [9.17, 15) is 19.7 Å². The molecule has 0 unspecified atom stereocenters. The molecule has 20 heavy (non-hydrogen) atoms. The topological polar surface area (TPSA) is 110 Å². The highest BCUT2D eigenvalue weighted by Gasteiger charge is 2.26. The Labute approximate surface area is 119 Å². The number of nitrogens with zero attached hydrogens (tertiary/aromatic N) is 1. The predicted molar refractivity (Wildman–Crippen MR) is 71.8 cm³/mol. The van der Waals surface area contributed by atoms with Crippen molar-refractivity contribution in [3.05, 3.63) is 38.9 Å². The summed E-state index contributed by atoms with van der Waals surface area (Å²) in [7, 11) is 0. The van der Waals surface area contributed by atoms with Gasteiger partial charge in [-0.25, -0.2) is 4.79 Å². The van der Waals surface area contributed by atoms with Gasteiger partial charge in [0.15, 0.2) is 0 Å². The molecule has 0 saturated heterocycles. The van der Waals surface area contributed by atoms with Crippen molar-refractivity contribution in [2.24, 2.45) is 5.92 Å². The molecule has 1 aromatic carbocycles. The van der Waals surface area contributed by atoms with Gasteiger partial charge in [-0.1, -0.05) is 31.5 Å². The maximum Gasteiger partial charge on any atom is 0.326 e. The SMILES string of the molecule is CC(C)[C@H](NC(=O)c1cccc([N+](=O)[O-])c1Cl)C(=O)O. The number of aliphatic carboxylic acids is 1. The number of amides is 1. The van der Waals surface area contributed by atoms with Crippen molar-refractivity contribution >= 4 is 29.2 Å². The van der Waals surface area contributed by atoms with Crippen LogP contribution in [0.15, 0.2) is 18.2 Å². The van der Waals surface area contributed by atoms with Crippen molar-refractivity contribution in [3.8, 4) is 0 Å². The molecule has 1 amide bonds. The van der Waals surface area contributed by atoms with Crippen LogP contribution >= 0.6 is 11.6 Å². The van der Waals surface area contributed by atoms with E-state index in [2.05, 4.69) is 5.32 Å². The number of rotatable bonds is 5. The lowest BCUT2D eigenvalue weighted by Gasteiger charge is -2.18. The van der Waals surface area contributed by atoms with Crippen LogP contribution in [0.3, 0.4) is 0 Å². The first-order valence-electron chi connectivity index (χ1n) is 5.72. The third-order valence-corrected chi connectivity index (χ3v) is 3.04. The van der Waals surface area contributed by atoms with Gasteiger partial charge in [0.1, 0.15) is 11.1 Å². The van der Waals surface area contributed by atoms with E-state index < -0.39 is 28.5 Å². The fraction of sp³-hybridized carbons (Fsp3) is 0.333. The zero-order valence-electron chi connectivity index (χ0n) is 10.8. The number of nitro benzene ring substituents is 1. The molecule has 108 valence electrons. The zero-order chi connectivity index (χ0) is 15.4. The maximum absolute atomic E-state index is 12.0. The minimum absolute atomic E-state index is 0.132. The first-order valence-corrected chi connectivity index (χ1v) is 6.10. The van der Waals surface area contributed by atoms with Gasteiger partial charge >= 0.3 is 5.97 Å². The molecule has 0 heterocycles. The van der Waals surface area contributed by atoms with Gasteiger partial charge in [-0.05, 0) is 12.0 Å². The Kier molecular flexibility index (Phi) is 5.04. The van der Waals surface area contributed by atoms with Crippen molar-refractivity contribution in [3.63, 3.8) is 0 Å². The molecule has 0 aromatic heterocycles. The van der Waals surface area contributed by atoms with Crippen molar-refractivity contribution < 1.29 is 19.6 Å². The Morgan fingerprint density at radius 3 is 2.45 bits per heavy atom. The second-order valence-electron chi connectivity index (χ2n) is 4.43. The number of carbonyl (C=O) groups is 2. The van der Waals surface area contributed by atoms with Crippen LogP contribution in [0.25, 0.3) is 0 Å². The van der Waals surface area contributed by atoms with Gasteiger partial charge in [0.25, 0.3) is 11.6 Å². The van der Waals surface area contributed by atoms with Crippen LogP contribution < -0.4 is 5.32 Å². The summed E-state index contributed by atoms with van der Waals surface area (Å²) in [6, 6.07) is 2.67. The van der Waals surface area contributed by atoms with E-state index in [1.54, 1.807) is 13.8 Å². The summed E-state index contributed by atoms with van der Waals surface area (Å²) in [6.07, 6.45) is 0. The van der Waals surface area contributed by atoms with Gasteiger partial charge in [0.05, 0.1) is 10.5 Å².